The minimum Gasteiger partial charge on any atom is -0.206 e. The molecule has 0 aromatic heterocycles. The fraction of sp³-hybridized carbons (Fsp3) is 0.750. The second-order valence-corrected chi connectivity index (χ2v) is 7.81. The normalized spacial score (nSPS) is 11.1. The monoisotopic (exact) mass is 354 g/mol. The van der Waals surface area contributed by atoms with E-state index in [9.17, 15) is 4.39 Å². The Morgan fingerprint density at radius 1 is 0.920 bits per heavy atom. The van der Waals surface area contributed by atoms with Crippen LogP contribution < -0.4 is 0 Å². The summed E-state index contributed by atoms with van der Waals surface area (Å²) in [6.45, 7) is 24.9. The second-order valence-electron chi connectivity index (χ2n) is 7.81. The van der Waals surface area contributed by atoms with Gasteiger partial charge in [0.2, 0.25) is 0 Å². The fourth-order valence-corrected chi connectivity index (χ4v) is 2.23. The van der Waals surface area contributed by atoms with Gasteiger partial charge in [-0.1, -0.05) is 101 Å². The Labute approximate surface area is 159 Å². The van der Waals surface area contributed by atoms with Crippen LogP contribution in [0.2, 0.25) is 0 Å². The van der Waals surface area contributed by atoms with Gasteiger partial charge in [0.1, 0.15) is 5.82 Å². The number of aryl methyl sites for hydroxylation is 1. The van der Waals surface area contributed by atoms with Gasteiger partial charge in [-0.25, -0.2) is 4.39 Å². The molecule has 0 heterocycles. The topological polar surface area (TPSA) is 0 Å². The van der Waals surface area contributed by atoms with Crippen molar-refractivity contribution in [2.24, 2.45) is 5.41 Å². The molecule has 1 heteroatoms. The van der Waals surface area contributed by atoms with Gasteiger partial charge in [-0.15, -0.1) is 0 Å². The lowest BCUT2D eigenvalue weighted by atomic mass is 9.90. The first-order valence-electron chi connectivity index (χ1n) is 10.3. The summed E-state index contributed by atoms with van der Waals surface area (Å²) in [4.78, 5) is 0. The van der Waals surface area contributed by atoms with E-state index >= 15 is 0 Å². The molecule has 0 spiro atoms. The van der Waals surface area contributed by atoms with Crippen molar-refractivity contribution in [2.75, 3.05) is 0 Å². The number of unbranched alkanes of at least 4 members (excludes halogenated alkanes) is 2. The van der Waals surface area contributed by atoms with Crippen molar-refractivity contribution in [3.63, 3.8) is 0 Å². The quantitative estimate of drug-likeness (QED) is 0.462. The minimum atomic E-state index is -0.0279. The SMILES string of the molecule is CC.CC.CC(C)(C)C.CCCCCC(C)c1ccc(C)c(F)c1C. The zero-order valence-electron chi connectivity index (χ0n) is 19.4. The van der Waals surface area contributed by atoms with Crippen molar-refractivity contribution in [1.29, 1.82) is 0 Å². The van der Waals surface area contributed by atoms with Crippen molar-refractivity contribution in [3.05, 3.63) is 34.6 Å². The van der Waals surface area contributed by atoms with Crippen LogP contribution in [0.25, 0.3) is 0 Å². The van der Waals surface area contributed by atoms with Crippen molar-refractivity contribution in [3.8, 4) is 0 Å². The first kappa shape index (κ1) is 28.9. The highest BCUT2D eigenvalue weighted by molar-refractivity contribution is 5.34. The zero-order chi connectivity index (χ0) is 20.6. The van der Waals surface area contributed by atoms with E-state index < -0.39 is 0 Å². The maximum absolute atomic E-state index is 13.7. The molecule has 150 valence electrons. The van der Waals surface area contributed by atoms with E-state index in [4.69, 9.17) is 0 Å². The Bertz CT molecular complexity index is 407. The summed E-state index contributed by atoms with van der Waals surface area (Å²) in [5.74, 6) is 0.446. The highest BCUT2D eigenvalue weighted by atomic mass is 19.1. The van der Waals surface area contributed by atoms with Crippen molar-refractivity contribution < 1.29 is 4.39 Å². The Balaban J connectivity index is -0.000000454. The number of rotatable bonds is 5. The van der Waals surface area contributed by atoms with E-state index in [0.717, 1.165) is 17.5 Å². The molecular formula is C24H47F. The van der Waals surface area contributed by atoms with Crippen LogP contribution in [0.1, 0.15) is 118 Å². The zero-order valence-corrected chi connectivity index (χ0v) is 19.4. The van der Waals surface area contributed by atoms with Gasteiger partial charge in [-0.05, 0) is 48.3 Å². The van der Waals surface area contributed by atoms with Gasteiger partial charge in [-0.3, -0.25) is 0 Å². The number of benzene rings is 1. The molecule has 0 aliphatic carbocycles. The highest BCUT2D eigenvalue weighted by Crippen LogP contribution is 2.27. The molecule has 1 unspecified atom stereocenters. The van der Waals surface area contributed by atoms with Crippen LogP contribution in [0, 0.1) is 25.1 Å². The molecule has 0 amide bonds. The molecule has 0 bridgehead atoms. The van der Waals surface area contributed by atoms with Gasteiger partial charge in [-0.2, -0.15) is 0 Å². The van der Waals surface area contributed by atoms with E-state index in [1.165, 1.54) is 24.8 Å². The Morgan fingerprint density at radius 2 is 1.36 bits per heavy atom. The second kappa shape index (κ2) is 16.6. The summed E-state index contributed by atoms with van der Waals surface area (Å²) in [6, 6.07) is 3.98. The molecule has 1 aromatic carbocycles. The lowest BCUT2D eigenvalue weighted by Crippen LogP contribution is -2.00. The third-order valence-electron chi connectivity index (χ3n) is 3.39. The number of hydrogen-bond donors (Lipinski definition) is 0. The minimum absolute atomic E-state index is 0.0279. The average molecular weight is 355 g/mol. The highest BCUT2D eigenvalue weighted by Gasteiger charge is 2.12. The molecule has 25 heavy (non-hydrogen) atoms. The van der Waals surface area contributed by atoms with E-state index in [0.29, 0.717) is 11.3 Å². The Morgan fingerprint density at radius 3 is 1.76 bits per heavy atom. The smallest absolute Gasteiger partial charge is 0.129 e. The Kier molecular flexibility index (Phi) is 19.2. The summed E-state index contributed by atoms with van der Waals surface area (Å²) in [5, 5.41) is 0. The molecular weight excluding hydrogens is 307 g/mol. The maximum atomic E-state index is 13.7. The van der Waals surface area contributed by atoms with Crippen LogP contribution in [0.5, 0.6) is 0 Å². The van der Waals surface area contributed by atoms with Crippen LogP contribution in [0.4, 0.5) is 4.39 Å². The molecule has 1 atom stereocenters. The standard InChI is InChI=1S/C15H23F.C5H12.2C2H6/c1-5-6-7-8-11(2)14-10-9-12(3)15(16)13(14)4;1-5(2,3)4;2*1-2/h9-11H,5-8H2,1-4H3;1-4H3;2*1-2H3. The molecule has 0 aliphatic heterocycles. The van der Waals surface area contributed by atoms with Crippen LogP contribution in [0.3, 0.4) is 0 Å². The van der Waals surface area contributed by atoms with Crippen LogP contribution >= 0.6 is 0 Å². The maximum Gasteiger partial charge on any atom is 0.129 e. The van der Waals surface area contributed by atoms with Gasteiger partial charge in [0, 0.05) is 0 Å². The Hall–Kier alpha value is -0.850. The van der Waals surface area contributed by atoms with Gasteiger partial charge in [0.25, 0.3) is 0 Å². The van der Waals surface area contributed by atoms with Gasteiger partial charge in [0.05, 0.1) is 0 Å². The van der Waals surface area contributed by atoms with Crippen LogP contribution in [-0.2, 0) is 0 Å². The van der Waals surface area contributed by atoms with Crippen molar-refractivity contribution in [2.45, 2.75) is 115 Å². The average Bonchev–Trinajstić information content (AvgIpc) is 2.55. The fourth-order valence-electron chi connectivity index (χ4n) is 2.23. The molecule has 1 rings (SSSR count). The van der Waals surface area contributed by atoms with E-state index in [2.05, 4.69) is 47.6 Å². The molecule has 0 saturated carbocycles. The van der Waals surface area contributed by atoms with E-state index in [1.807, 2.05) is 47.6 Å². The molecule has 0 N–H and O–H groups in total. The third-order valence-corrected chi connectivity index (χ3v) is 3.39. The first-order chi connectivity index (χ1) is 11.6. The van der Waals surface area contributed by atoms with E-state index in [1.54, 1.807) is 0 Å². The summed E-state index contributed by atoms with van der Waals surface area (Å²) < 4.78 is 13.7. The molecule has 1 aromatic rings. The van der Waals surface area contributed by atoms with Crippen molar-refractivity contribution >= 4 is 0 Å². The predicted molar refractivity (Wildman–Crippen MR) is 116 cm³/mol. The van der Waals surface area contributed by atoms with Crippen molar-refractivity contribution in [1.82, 2.24) is 0 Å². The van der Waals surface area contributed by atoms with Gasteiger partial charge < -0.3 is 0 Å². The summed E-state index contributed by atoms with van der Waals surface area (Å²) in [5.41, 5.74) is 3.27. The number of hydrogen-bond acceptors (Lipinski definition) is 0. The van der Waals surface area contributed by atoms with Crippen LogP contribution in [0.15, 0.2) is 12.1 Å². The third kappa shape index (κ3) is 16.4. The van der Waals surface area contributed by atoms with Gasteiger partial charge in [0.15, 0.2) is 0 Å². The molecule has 0 fully saturated rings. The summed E-state index contributed by atoms with van der Waals surface area (Å²) in [6.07, 6.45) is 4.93. The summed E-state index contributed by atoms with van der Waals surface area (Å²) in [7, 11) is 0. The predicted octanol–water partition coefficient (Wildman–Crippen LogP) is 9.23. The molecule has 0 radical (unpaired) electrons. The van der Waals surface area contributed by atoms with Crippen LogP contribution in [-0.4, -0.2) is 0 Å². The molecule has 0 aliphatic rings. The largest absolute Gasteiger partial charge is 0.206 e. The van der Waals surface area contributed by atoms with E-state index in [-0.39, 0.29) is 5.82 Å². The molecule has 0 saturated heterocycles. The summed E-state index contributed by atoms with van der Waals surface area (Å²) >= 11 is 0. The first-order valence-corrected chi connectivity index (χ1v) is 10.3. The lowest BCUT2D eigenvalue weighted by molar-refractivity contribution is 0.469. The van der Waals surface area contributed by atoms with Gasteiger partial charge >= 0.3 is 0 Å². The number of halogens is 1. The molecule has 0 nitrogen and oxygen atoms in total. The lowest BCUT2D eigenvalue weighted by Gasteiger charge is -2.16.